The van der Waals surface area contributed by atoms with Crippen molar-refractivity contribution in [2.45, 2.75) is 20.0 Å². The molecule has 0 bridgehead atoms. The number of fused-ring (bicyclic) bond motifs is 1. The molecule has 2 aromatic carbocycles. The molecule has 0 spiro atoms. The molecule has 0 aliphatic carbocycles. The van der Waals surface area contributed by atoms with Crippen LogP contribution < -0.4 is 10.2 Å². The first kappa shape index (κ1) is 15.0. The second-order valence-electron chi connectivity index (χ2n) is 6.31. The summed E-state index contributed by atoms with van der Waals surface area (Å²) in [5, 5.41) is 3.54. The summed E-state index contributed by atoms with van der Waals surface area (Å²) in [6.45, 7) is 6.13. The van der Waals surface area contributed by atoms with Crippen LogP contribution in [0, 0.1) is 6.92 Å². The molecule has 0 radical (unpaired) electrons. The third-order valence-electron chi connectivity index (χ3n) is 4.70. The summed E-state index contributed by atoms with van der Waals surface area (Å²) in [7, 11) is 0. The van der Waals surface area contributed by atoms with E-state index in [0.29, 0.717) is 0 Å². The fraction of sp³-hybridized carbons (Fsp3) is 0.250. The van der Waals surface area contributed by atoms with Crippen LogP contribution in [0.2, 0.25) is 0 Å². The second-order valence-corrected chi connectivity index (χ2v) is 6.31. The molecule has 0 atom stereocenters. The van der Waals surface area contributed by atoms with Crippen molar-refractivity contribution in [2.24, 2.45) is 0 Å². The van der Waals surface area contributed by atoms with Gasteiger partial charge in [-0.1, -0.05) is 24.3 Å². The molecule has 4 heteroatoms. The van der Waals surface area contributed by atoms with E-state index in [0.717, 1.165) is 31.9 Å². The van der Waals surface area contributed by atoms with Gasteiger partial charge in [-0.05, 0) is 41.8 Å². The van der Waals surface area contributed by atoms with Crippen LogP contribution in [-0.4, -0.2) is 22.6 Å². The zero-order valence-electron chi connectivity index (χ0n) is 13.9. The Hall–Kier alpha value is -2.59. The molecule has 1 aliphatic heterocycles. The molecule has 0 fully saturated rings. The van der Waals surface area contributed by atoms with Crippen molar-refractivity contribution in [3.63, 3.8) is 0 Å². The highest BCUT2D eigenvalue weighted by atomic mass is 15.2. The molecule has 2 heterocycles. The molecule has 0 saturated heterocycles. The molecule has 1 N–H and O–H groups in total. The van der Waals surface area contributed by atoms with Crippen LogP contribution in [0.5, 0.6) is 0 Å². The van der Waals surface area contributed by atoms with Crippen LogP contribution in [0.1, 0.15) is 16.7 Å². The molecule has 0 saturated carbocycles. The van der Waals surface area contributed by atoms with E-state index in [1.807, 2.05) is 17.1 Å². The number of nitrogens with zero attached hydrogens (tertiary/aromatic N) is 3. The molecule has 0 amide bonds. The summed E-state index contributed by atoms with van der Waals surface area (Å²) in [5.41, 5.74) is 6.62. The average molecular weight is 318 g/mol. The monoisotopic (exact) mass is 318 g/mol. The summed E-state index contributed by atoms with van der Waals surface area (Å²) >= 11 is 0. The maximum Gasteiger partial charge on any atom is 0.0991 e. The average Bonchev–Trinajstić information content (AvgIpc) is 3.06. The summed E-state index contributed by atoms with van der Waals surface area (Å²) < 4.78 is 2.03. The van der Waals surface area contributed by atoms with Crippen molar-refractivity contribution in [1.29, 1.82) is 0 Å². The standard InChI is InChI=1S/C20H22N4/c1-16-3-2-4-20-19(16)13-21-9-11-23(20)14-17-5-7-18(8-6-17)24-12-10-22-15-24/h2-8,10,12,15,21H,9,11,13-14H2,1H3. The Labute approximate surface area is 142 Å². The molecule has 1 aromatic heterocycles. The molecule has 1 aliphatic rings. The van der Waals surface area contributed by atoms with Gasteiger partial charge >= 0.3 is 0 Å². The lowest BCUT2D eigenvalue weighted by molar-refractivity contribution is 0.687. The number of hydrogen-bond acceptors (Lipinski definition) is 3. The number of anilines is 1. The minimum Gasteiger partial charge on any atom is -0.366 e. The highest BCUT2D eigenvalue weighted by Crippen LogP contribution is 2.26. The van der Waals surface area contributed by atoms with Crippen molar-refractivity contribution in [1.82, 2.24) is 14.9 Å². The quantitative estimate of drug-likeness (QED) is 0.804. The fourth-order valence-corrected chi connectivity index (χ4v) is 3.33. The first-order valence-electron chi connectivity index (χ1n) is 8.43. The highest BCUT2D eigenvalue weighted by Gasteiger charge is 2.16. The predicted molar refractivity (Wildman–Crippen MR) is 97.5 cm³/mol. The number of rotatable bonds is 3. The first-order valence-corrected chi connectivity index (χ1v) is 8.43. The van der Waals surface area contributed by atoms with Gasteiger partial charge in [-0.15, -0.1) is 0 Å². The highest BCUT2D eigenvalue weighted by molar-refractivity contribution is 5.57. The molecule has 4 nitrogen and oxygen atoms in total. The van der Waals surface area contributed by atoms with Crippen LogP contribution in [0.25, 0.3) is 5.69 Å². The van der Waals surface area contributed by atoms with E-state index >= 15 is 0 Å². The van der Waals surface area contributed by atoms with Crippen molar-refractivity contribution in [2.75, 3.05) is 18.0 Å². The zero-order valence-corrected chi connectivity index (χ0v) is 13.9. The minimum atomic E-state index is 0.933. The van der Waals surface area contributed by atoms with Crippen LogP contribution in [0.3, 0.4) is 0 Å². The number of aromatic nitrogens is 2. The lowest BCUT2D eigenvalue weighted by atomic mass is 10.1. The van der Waals surface area contributed by atoms with E-state index in [1.165, 1.54) is 22.4 Å². The van der Waals surface area contributed by atoms with E-state index in [9.17, 15) is 0 Å². The molecular weight excluding hydrogens is 296 g/mol. The van der Waals surface area contributed by atoms with Crippen molar-refractivity contribution in [3.8, 4) is 5.69 Å². The van der Waals surface area contributed by atoms with Gasteiger partial charge in [0, 0.05) is 49.9 Å². The maximum atomic E-state index is 4.11. The van der Waals surface area contributed by atoms with E-state index in [-0.39, 0.29) is 0 Å². The third-order valence-corrected chi connectivity index (χ3v) is 4.70. The van der Waals surface area contributed by atoms with Gasteiger partial charge in [-0.2, -0.15) is 0 Å². The van der Waals surface area contributed by atoms with Gasteiger partial charge in [-0.3, -0.25) is 0 Å². The number of hydrogen-bond donors (Lipinski definition) is 1. The molecule has 122 valence electrons. The van der Waals surface area contributed by atoms with Crippen molar-refractivity contribution < 1.29 is 0 Å². The number of benzene rings is 2. The van der Waals surface area contributed by atoms with Gasteiger partial charge in [0.1, 0.15) is 0 Å². The van der Waals surface area contributed by atoms with Gasteiger partial charge in [-0.25, -0.2) is 4.98 Å². The topological polar surface area (TPSA) is 33.1 Å². The molecule has 3 aromatic rings. The zero-order chi connectivity index (χ0) is 16.4. The summed E-state index contributed by atoms with van der Waals surface area (Å²) in [4.78, 5) is 6.59. The largest absolute Gasteiger partial charge is 0.366 e. The smallest absolute Gasteiger partial charge is 0.0991 e. The molecule has 24 heavy (non-hydrogen) atoms. The number of aryl methyl sites for hydroxylation is 1. The lowest BCUT2D eigenvalue weighted by Crippen LogP contribution is -2.28. The van der Waals surface area contributed by atoms with Gasteiger partial charge in [0.2, 0.25) is 0 Å². The van der Waals surface area contributed by atoms with E-state index in [1.54, 1.807) is 6.20 Å². The second kappa shape index (κ2) is 6.49. The summed E-state index contributed by atoms with van der Waals surface area (Å²) in [6.07, 6.45) is 5.60. The third kappa shape index (κ3) is 2.93. The van der Waals surface area contributed by atoms with E-state index < -0.39 is 0 Å². The lowest BCUT2D eigenvalue weighted by Gasteiger charge is -2.25. The number of nitrogens with one attached hydrogen (secondary N) is 1. The normalized spacial score (nSPS) is 14.3. The van der Waals surface area contributed by atoms with Crippen LogP contribution >= 0.6 is 0 Å². The number of imidazole rings is 1. The Morgan fingerprint density at radius 1 is 1.12 bits per heavy atom. The SMILES string of the molecule is Cc1cccc2c1CNCCN2Cc1ccc(-n2ccnc2)cc1. The van der Waals surface area contributed by atoms with Crippen molar-refractivity contribution >= 4 is 5.69 Å². The molecule has 0 unspecified atom stereocenters. The van der Waals surface area contributed by atoms with Gasteiger partial charge in [0.05, 0.1) is 6.33 Å². The Balaban J connectivity index is 1.58. The van der Waals surface area contributed by atoms with Gasteiger partial charge in [0.15, 0.2) is 0 Å². The maximum absolute atomic E-state index is 4.11. The Bertz CT molecular complexity index is 806. The molecular formula is C20H22N4. The summed E-state index contributed by atoms with van der Waals surface area (Å²) in [6, 6.07) is 15.3. The van der Waals surface area contributed by atoms with Crippen molar-refractivity contribution in [3.05, 3.63) is 77.9 Å². The first-order chi connectivity index (χ1) is 11.8. The van der Waals surface area contributed by atoms with Crippen LogP contribution in [-0.2, 0) is 13.1 Å². The predicted octanol–water partition coefficient (Wildman–Crippen LogP) is 3.29. The minimum absolute atomic E-state index is 0.933. The van der Waals surface area contributed by atoms with Crippen LogP contribution in [0.15, 0.2) is 61.2 Å². The Kier molecular flexibility index (Phi) is 4.05. The van der Waals surface area contributed by atoms with E-state index in [2.05, 4.69) is 64.6 Å². The molecule has 4 rings (SSSR count). The Morgan fingerprint density at radius 3 is 2.79 bits per heavy atom. The van der Waals surface area contributed by atoms with Crippen LogP contribution in [0.4, 0.5) is 5.69 Å². The Morgan fingerprint density at radius 2 is 2.00 bits per heavy atom. The van der Waals surface area contributed by atoms with Gasteiger partial charge < -0.3 is 14.8 Å². The van der Waals surface area contributed by atoms with Gasteiger partial charge in [0.25, 0.3) is 0 Å². The fourth-order valence-electron chi connectivity index (χ4n) is 3.33. The van der Waals surface area contributed by atoms with E-state index in [4.69, 9.17) is 0 Å². The summed E-state index contributed by atoms with van der Waals surface area (Å²) in [5.74, 6) is 0.